The molecule has 0 unspecified atom stereocenters. The molecule has 0 spiro atoms. The highest BCUT2D eigenvalue weighted by Gasteiger charge is 2.13. The fraction of sp³-hybridized carbons (Fsp3) is 0.130. The first-order valence-electron chi connectivity index (χ1n) is 8.90. The fourth-order valence-electron chi connectivity index (χ4n) is 2.98. The Morgan fingerprint density at radius 3 is 2.32 bits per heavy atom. The lowest BCUT2D eigenvalue weighted by molar-refractivity contribution is -0.114. The number of nitrogens with one attached hydrogen (secondary N) is 1. The summed E-state index contributed by atoms with van der Waals surface area (Å²) in [4.78, 5) is 25.7. The van der Waals surface area contributed by atoms with Crippen LogP contribution in [0.1, 0.15) is 22.8 Å². The zero-order valence-corrected chi connectivity index (χ0v) is 16.5. The molecule has 3 rings (SSSR count). The van der Waals surface area contributed by atoms with Crippen LogP contribution in [0, 0.1) is 0 Å². The van der Waals surface area contributed by atoms with Crippen LogP contribution in [0.5, 0.6) is 0 Å². The first-order valence-corrected chi connectivity index (χ1v) is 9.28. The smallest absolute Gasteiger partial charge is 0.253 e. The summed E-state index contributed by atoms with van der Waals surface area (Å²) in [7, 11) is 1.78. The predicted octanol–water partition coefficient (Wildman–Crippen LogP) is 5.24. The molecule has 0 aliphatic carbocycles. The lowest BCUT2D eigenvalue weighted by Gasteiger charge is -2.18. The molecule has 0 aliphatic rings. The molecule has 2 amide bonds. The van der Waals surface area contributed by atoms with E-state index < -0.39 is 0 Å². The van der Waals surface area contributed by atoms with Crippen LogP contribution in [0.2, 0.25) is 5.02 Å². The quantitative estimate of drug-likeness (QED) is 0.645. The Balaban J connectivity index is 1.76. The van der Waals surface area contributed by atoms with Gasteiger partial charge in [0.25, 0.3) is 5.91 Å². The van der Waals surface area contributed by atoms with Crippen LogP contribution < -0.4 is 5.32 Å². The average Bonchev–Trinajstić information content (AvgIpc) is 2.67. The Bertz CT molecular complexity index is 999. The fourth-order valence-corrected chi connectivity index (χ4v) is 3.20. The van der Waals surface area contributed by atoms with E-state index >= 15 is 0 Å². The maximum absolute atomic E-state index is 12.8. The molecule has 0 atom stereocenters. The van der Waals surface area contributed by atoms with Crippen molar-refractivity contribution < 1.29 is 9.59 Å². The van der Waals surface area contributed by atoms with Crippen LogP contribution >= 0.6 is 11.6 Å². The van der Waals surface area contributed by atoms with Crippen molar-refractivity contribution in [2.75, 3.05) is 12.4 Å². The minimum Gasteiger partial charge on any atom is -0.337 e. The summed E-state index contributed by atoms with van der Waals surface area (Å²) in [6, 6.07) is 22.5. The standard InChI is InChI=1S/C23H21ClN2O2/c1-16(27)25-22-11-9-18(10-12-22)19-6-4-7-20(14-19)23(28)26(2)15-17-5-3-8-21(24)13-17/h3-14H,15H2,1-2H3,(H,25,27). The zero-order chi connectivity index (χ0) is 20.1. The van der Waals surface area contributed by atoms with Gasteiger partial charge < -0.3 is 10.2 Å². The lowest BCUT2D eigenvalue weighted by Crippen LogP contribution is -2.26. The highest BCUT2D eigenvalue weighted by atomic mass is 35.5. The molecule has 4 nitrogen and oxygen atoms in total. The number of carbonyl (C=O) groups excluding carboxylic acids is 2. The van der Waals surface area contributed by atoms with Crippen molar-refractivity contribution in [3.05, 3.63) is 88.9 Å². The van der Waals surface area contributed by atoms with Crippen molar-refractivity contribution in [2.45, 2.75) is 13.5 Å². The summed E-state index contributed by atoms with van der Waals surface area (Å²) in [5, 5.41) is 3.40. The van der Waals surface area contributed by atoms with E-state index in [1.54, 1.807) is 11.9 Å². The number of benzene rings is 3. The Morgan fingerprint density at radius 1 is 0.929 bits per heavy atom. The van der Waals surface area contributed by atoms with E-state index in [9.17, 15) is 9.59 Å². The number of anilines is 1. The third-order valence-electron chi connectivity index (χ3n) is 4.30. The molecule has 5 heteroatoms. The number of nitrogens with zero attached hydrogens (tertiary/aromatic N) is 1. The molecule has 0 saturated carbocycles. The molecule has 0 aliphatic heterocycles. The van der Waals surface area contributed by atoms with Gasteiger partial charge in [-0.15, -0.1) is 0 Å². The van der Waals surface area contributed by atoms with Gasteiger partial charge in [0.15, 0.2) is 0 Å². The van der Waals surface area contributed by atoms with Gasteiger partial charge in [0.05, 0.1) is 0 Å². The van der Waals surface area contributed by atoms with Crippen molar-refractivity contribution in [3.8, 4) is 11.1 Å². The second-order valence-corrected chi connectivity index (χ2v) is 7.07. The molecular weight excluding hydrogens is 372 g/mol. The van der Waals surface area contributed by atoms with Crippen molar-refractivity contribution in [1.29, 1.82) is 0 Å². The van der Waals surface area contributed by atoms with Crippen molar-refractivity contribution in [1.82, 2.24) is 4.90 Å². The highest BCUT2D eigenvalue weighted by Crippen LogP contribution is 2.23. The largest absolute Gasteiger partial charge is 0.337 e. The van der Waals surface area contributed by atoms with Crippen LogP contribution in [0.4, 0.5) is 5.69 Å². The van der Waals surface area contributed by atoms with Gasteiger partial charge in [0, 0.05) is 36.8 Å². The summed E-state index contributed by atoms with van der Waals surface area (Å²) < 4.78 is 0. The number of amides is 2. The summed E-state index contributed by atoms with van der Waals surface area (Å²) in [6.07, 6.45) is 0. The van der Waals surface area contributed by atoms with Gasteiger partial charge in [-0.1, -0.05) is 48.0 Å². The van der Waals surface area contributed by atoms with E-state index in [1.807, 2.05) is 72.8 Å². The normalized spacial score (nSPS) is 10.4. The number of hydrogen-bond donors (Lipinski definition) is 1. The molecule has 1 N–H and O–H groups in total. The first kappa shape index (κ1) is 19.6. The van der Waals surface area contributed by atoms with Crippen molar-refractivity contribution in [2.24, 2.45) is 0 Å². The Hall–Kier alpha value is -3.11. The van der Waals surface area contributed by atoms with Gasteiger partial charge in [-0.3, -0.25) is 9.59 Å². The minimum absolute atomic E-state index is 0.0586. The average molecular weight is 393 g/mol. The van der Waals surface area contributed by atoms with Crippen molar-refractivity contribution in [3.63, 3.8) is 0 Å². The van der Waals surface area contributed by atoms with E-state index in [-0.39, 0.29) is 11.8 Å². The van der Waals surface area contributed by atoms with E-state index in [4.69, 9.17) is 11.6 Å². The Labute approximate surface area is 169 Å². The van der Waals surface area contributed by atoms with Crippen LogP contribution in [0.15, 0.2) is 72.8 Å². The molecule has 0 aromatic heterocycles. The summed E-state index contributed by atoms with van der Waals surface area (Å²) in [5.74, 6) is -0.167. The van der Waals surface area contributed by atoms with Crippen LogP contribution in [0.25, 0.3) is 11.1 Å². The third kappa shape index (κ3) is 4.99. The summed E-state index contributed by atoms with van der Waals surface area (Å²) in [6.45, 7) is 1.96. The number of carbonyl (C=O) groups is 2. The molecule has 0 fully saturated rings. The van der Waals surface area contributed by atoms with Gasteiger partial charge in [-0.2, -0.15) is 0 Å². The maximum atomic E-state index is 12.8. The number of halogens is 1. The van der Waals surface area contributed by atoms with Gasteiger partial charge >= 0.3 is 0 Å². The number of hydrogen-bond acceptors (Lipinski definition) is 2. The Kier molecular flexibility index (Phi) is 6.12. The SMILES string of the molecule is CC(=O)Nc1ccc(-c2cccc(C(=O)N(C)Cc3cccc(Cl)c3)c2)cc1. The second-order valence-electron chi connectivity index (χ2n) is 6.63. The highest BCUT2D eigenvalue weighted by molar-refractivity contribution is 6.30. The maximum Gasteiger partial charge on any atom is 0.253 e. The van der Waals surface area contributed by atoms with E-state index in [0.29, 0.717) is 17.1 Å². The number of rotatable bonds is 5. The predicted molar refractivity (Wildman–Crippen MR) is 113 cm³/mol. The second kappa shape index (κ2) is 8.72. The van der Waals surface area contributed by atoms with Crippen LogP contribution in [-0.2, 0) is 11.3 Å². The topological polar surface area (TPSA) is 49.4 Å². The molecule has 28 heavy (non-hydrogen) atoms. The van der Waals surface area contributed by atoms with Gasteiger partial charge in [0.2, 0.25) is 5.91 Å². The molecule has 0 radical (unpaired) electrons. The monoisotopic (exact) mass is 392 g/mol. The van der Waals surface area contributed by atoms with E-state index in [2.05, 4.69) is 5.32 Å². The minimum atomic E-state index is -0.108. The molecule has 0 saturated heterocycles. The molecule has 0 heterocycles. The van der Waals surface area contributed by atoms with Gasteiger partial charge in [-0.05, 0) is 53.1 Å². The molecule has 3 aromatic carbocycles. The van der Waals surface area contributed by atoms with Crippen LogP contribution in [0.3, 0.4) is 0 Å². The first-order chi connectivity index (χ1) is 13.4. The van der Waals surface area contributed by atoms with E-state index in [0.717, 1.165) is 22.4 Å². The van der Waals surface area contributed by atoms with Gasteiger partial charge in [0.1, 0.15) is 0 Å². The van der Waals surface area contributed by atoms with Crippen molar-refractivity contribution >= 4 is 29.1 Å². The van der Waals surface area contributed by atoms with E-state index in [1.165, 1.54) is 6.92 Å². The summed E-state index contributed by atoms with van der Waals surface area (Å²) >= 11 is 6.03. The van der Waals surface area contributed by atoms with Crippen LogP contribution in [-0.4, -0.2) is 23.8 Å². The molecule has 3 aromatic rings. The molecule has 0 bridgehead atoms. The van der Waals surface area contributed by atoms with Gasteiger partial charge in [-0.25, -0.2) is 0 Å². The Morgan fingerprint density at radius 2 is 1.64 bits per heavy atom. The summed E-state index contributed by atoms with van der Waals surface area (Å²) in [5.41, 5.74) is 4.25. The molecular formula is C23H21ClN2O2. The third-order valence-corrected chi connectivity index (χ3v) is 4.54. The zero-order valence-electron chi connectivity index (χ0n) is 15.8. The molecule has 142 valence electrons. The lowest BCUT2D eigenvalue weighted by atomic mass is 10.0.